The Balaban J connectivity index is 0.00000420. The Labute approximate surface area is 193 Å². The molecule has 0 bridgehead atoms. The van der Waals surface area contributed by atoms with Crippen molar-refractivity contribution in [3.8, 4) is 0 Å². The molecular weight excluding hydrogens is 477 g/mol. The Hall–Kier alpha value is -1.35. The largest absolute Gasteiger partial charge is 0.356 e. The number of likely N-dealkylation sites (N-methyl/N-ethyl adjacent to an activating group) is 1. The van der Waals surface area contributed by atoms with Gasteiger partial charge in [-0.15, -0.1) is 24.0 Å². The van der Waals surface area contributed by atoms with Gasteiger partial charge in [-0.25, -0.2) is 0 Å². The number of aryl methyl sites for hydroxylation is 2. The van der Waals surface area contributed by atoms with Crippen molar-refractivity contribution in [1.29, 1.82) is 0 Å². The van der Waals surface area contributed by atoms with Gasteiger partial charge in [-0.3, -0.25) is 14.7 Å². The fourth-order valence-electron chi connectivity index (χ4n) is 3.92. The topological polar surface area (TPSA) is 60.0 Å². The van der Waals surface area contributed by atoms with Crippen LogP contribution in [0.25, 0.3) is 0 Å². The molecule has 0 aliphatic carbocycles. The molecule has 0 aromatic heterocycles. The van der Waals surface area contributed by atoms with Crippen LogP contribution in [0.4, 0.5) is 0 Å². The second kappa shape index (κ2) is 13.1. The van der Waals surface area contributed by atoms with Crippen LogP contribution < -0.4 is 10.6 Å². The lowest BCUT2D eigenvalue weighted by atomic mass is 10.1. The molecule has 1 unspecified atom stereocenters. The summed E-state index contributed by atoms with van der Waals surface area (Å²) in [5.74, 6) is 1.07. The van der Waals surface area contributed by atoms with E-state index in [1.54, 1.807) is 11.9 Å². The van der Waals surface area contributed by atoms with Gasteiger partial charge in [0.1, 0.15) is 0 Å². The number of carbonyl (C=O) groups is 1. The van der Waals surface area contributed by atoms with Crippen LogP contribution >= 0.6 is 24.0 Å². The number of guanidine groups is 1. The van der Waals surface area contributed by atoms with Crippen molar-refractivity contribution in [3.63, 3.8) is 0 Å². The lowest BCUT2D eigenvalue weighted by Crippen LogP contribution is -2.44. The first kappa shape index (κ1) is 25.7. The van der Waals surface area contributed by atoms with Gasteiger partial charge in [-0.1, -0.05) is 29.3 Å². The second-order valence-corrected chi connectivity index (χ2v) is 7.95. The number of rotatable bonds is 8. The lowest BCUT2D eigenvalue weighted by molar-refractivity contribution is -0.133. The highest BCUT2D eigenvalue weighted by Crippen LogP contribution is 2.18. The Morgan fingerprint density at radius 2 is 1.83 bits per heavy atom. The predicted molar refractivity (Wildman–Crippen MR) is 132 cm³/mol. The molecule has 1 saturated heterocycles. The summed E-state index contributed by atoms with van der Waals surface area (Å²) in [4.78, 5) is 20.6. The predicted octanol–water partition coefficient (Wildman–Crippen LogP) is 2.57. The molecule has 0 radical (unpaired) electrons. The van der Waals surface area contributed by atoms with Crippen molar-refractivity contribution in [3.05, 3.63) is 34.9 Å². The third-order valence-corrected chi connectivity index (χ3v) is 5.22. The number of nitrogens with zero attached hydrogens (tertiary/aromatic N) is 3. The van der Waals surface area contributed by atoms with Crippen molar-refractivity contribution in [2.24, 2.45) is 4.99 Å². The fraction of sp³-hybridized carbons (Fsp3) is 0.636. The smallest absolute Gasteiger partial charge is 0.239 e. The summed E-state index contributed by atoms with van der Waals surface area (Å²) in [7, 11) is 5.49. The van der Waals surface area contributed by atoms with Crippen molar-refractivity contribution in [1.82, 2.24) is 20.4 Å². The van der Waals surface area contributed by atoms with Crippen molar-refractivity contribution in [2.75, 3.05) is 47.3 Å². The molecule has 2 rings (SSSR count). The molecule has 1 aliphatic heterocycles. The molecule has 1 amide bonds. The van der Waals surface area contributed by atoms with Gasteiger partial charge < -0.3 is 15.5 Å². The number of amides is 1. The van der Waals surface area contributed by atoms with E-state index >= 15 is 0 Å². The first-order valence-electron chi connectivity index (χ1n) is 10.4. The highest BCUT2D eigenvalue weighted by Gasteiger charge is 2.30. The molecular formula is C22H38IN5O. The summed E-state index contributed by atoms with van der Waals surface area (Å²) in [6, 6.07) is 6.75. The lowest BCUT2D eigenvalue weighted by Gasteiger charge is -2.26. The zero-order valence-corrected chi connectivity index (χ0v) is 21.0. The summed E-state index contributed by atoms with van der Waals surface area (Å²) in [6.07, 6.45) is 4.06. The minimum absolute atomic E-state index is 0. The first-order valence-corrected chi connectivity index (χ1v) is 10.4. The van der Waals surface area contributed by atoms with E-state index in [4.69, 9.17) is 0 Å². The van der Waals surface area contributed by atoms with E-state index in [1.807, 2.05) is 14.1 Å². The molecule has 0 saturated carbocycles. The van der Waals surface area contributed by atoms with Gasteiger partial charge in [0.15, 0.2) is 5.96 Å². The summed E-state index contributed by atoms with van der Waals surface area (Å²) < 4.78 is 0. The number of aliphatic imine (C=N–C) groups is 1. The maximum atomic E-state index is 12.3. The van der Waals surface area contributed by atoms with Crippen LogP contribution in [0.15, 0.2) is 23.2 Å². The van der Waals surface area contributed by atoms with Crippen LogP contribution in [0.1, 0.15) is 36.0 Å². The van der Waals surface area contributed by atoms with Gasteiger partial charge >= 0.3 is 0 Å². The van der Waals surface area contributed by atoms with Gasteiger partial charge in [-0.2, -0.15) is 0 Å². The monoisotopic (exact) mass is 515 g/mol. The van der Waals surface area contributed by atoms with Crippen LogP contribution in [-0.2, 0) is 11.2 Å². The number of halogens is 1. The van der Waals surface area contributed by atoms with Crippen molar-refractivity contribution < 1.29 is 4.79 Å². The molecule has 7 heteroatoms. The maximum Gasteiger partial charge on any atom is 0.239 e. The number of carbonyl (C=O) groups excluding carboxylic acids is 1. The average Bonchev–Trinajstić information content (AvgIpc) is 3.10. The van der Waals surface area contributed by atoms with Crippen molar-refractivity contribution in [2.45, 2.75) is 45.6 Å². The van der Waals surface area contributed by atoms with E-state index in [9.17, 15) is 4.79 Å². The molecule has 2 N–H and O–H groups in total. The Bertz CT molecular complexity index is 657. The van der Waals surface area contributed by atoms with E-state index in [-0.39, 0.29) is 35.9 Å². The Morgan fingerprint density at radius 1 is 1.17 bits per heavy atom. The maximum absolute atomic E-state index is 12.3. The first-order chi connectivity index (χ1) is 13.4. The molecule has 0 spiro atoms. The van der Waals surface area contributed by atoms with Gasteiger partial charge in [0.2, 0.25) is 5.91 Å². The normalized spacial score (nSPS) is 17.0. The molecule has 164 valence electrons. The molecule has 1 aromatic rings. The quantitative estimate of drug-likeness (QED) is 0.242. The average molecular weight is 515 g/mol. The Kier molecular flexibility index (Phi) is 11.6. The molecule has 6 nitrogen and oxygen atoms in total. The molecule has 1 heterocycles. The van der Waals surface area contributed by atoms with Gasteiger partial charge in [0.25, 0.3) is 0 Å². The summed E-state index contributed by atoms with van der Waals surface area (Å²) >= 11 is 0. The fourth-order valence-corrected chi connectivity index (χ4v) is 3.92. The number of nitrogens with one attached hydrogen (secondary N) is 2. The van der Waals surface area contributed by atoms with Gasteiger partial charge in [0.05, 0.1) is 6.04 Å². The van der Waals surface area contributed by atoms with E-state index < -0.39 is 0 Å². The zero-order valence-electron chi connectivity index (χ0n) is 18.6. The van der Waals surface area contributed by atoms with E-state index in [2.05, 4.69) is 52.6 Å². The summed E-state index contributed by atoms with van der Waals surface area (Å²) in [6.45, 7) is 7.95. The summed E-state index contributed by atoms with van der Waals surface area (Å²) in [5, 5.41) is 6.78. The number of benzene rings is 1. The highest BCUT2D eigenvalue weighted by atomic mass is 127. The van der Waals surface area contributed by atoms with Crippen LogP contribution in [0.2, 0.25) is 0 Å². The van der Waals surface area contributed by atoms with Crippen LogP contribution in [0.5, 0.6) is 0 Å². The number of hydrogen-bond donors (Lipinski definition) is 2. The third-order valence-electron chi connectivity index (χ3n) is 5.22. The molecule has 1 atom stereocenters. The zero-order chi connectivity index (χ0) is 20.5. The van der Waals surface area contributed by atoms with E-state index in [1.165, 1.54) is 16.7 Å². The summed E-state index contributed by atoms with van der Waals surface area (Å²) in [5.41, 5.74) is 3.97. The van der Waals surface area contributed by atoms with Crippen molar-refractivity contribution >= 4 is 35.8 Å². The molecule has 1 aliphatic rings. The minimum atomic E-state index is 0. The van der Waals surface area contributed by atoms with Crippen LogP contribution in [0, 0.1) is 13.8 Å². The number of hydrogen-bond acceptors (Lipinski definition) is 3. The Morgan fingerprint density at radius 3 is 2.45 bits per heavy atom. The molecule has 29 heavy (non-hydrogen) atoms. The molecule has 1 aromatic carbocycles. The van der Waals surface area contributed by atoms with Gasteiger partial charge in [0, 0.05) is 40.8 Å². The van der Waals surface area contributed by atoms with Crippen LogP contribution in [0.3, 0.4) is 0 Å². The standard InChI is InChI=1S/C22H37N5O.HI/c1-17-14-18(2)16-19(15-17)9-11-25-22(23-3)24-10-7-13-27-12-6-8-20(27)21(28)26(4)5;/h14-16,20H,6-13H2,1-5H3,(H2,23,24,25);1H. The second-order valence-electron chi connectivity index (χ2n) is 7.95. The van der Waals surface area contributed by atoms with E-state index in [0.717, 1.165) is 57.8 Å². The SMILES string of the molecule is CN=C(NCCCN1CCCC1C(=O)N(C)C)NCCc1cc(C)cc(C)c1.I. The number of likely N-dealkylation sites (tertiary alicyclic amines) is 1. The van der Waals surface area contributed by atoms with Crippen LogP contribution in [-0.4, -0.2) is 75.0 Å². The molecule has 1 fully saturated rings. The van der Waals surface area contributed by atoms with Gasteiger partial charge in [-0.05, 0) is 51.6 Å². The third kappa shape index (κ3) is 8.50. The van der Waals surface area contributed by atoms with E-state index in [0.29, 0.717) is 0 Å². The highest BCUT2D eigenvalue weighted by molar-refractivity contribution is 14.0. The minimum Gasteiger partial charge on any atom is -0.356 e.